The molecule has 23 heavy (non-hydrogen) atoms. The molecule has 6 heteroatoms. The van der Waals surface area contributed by atoms with Crippen LogP contribution >= 0.6 is 11.6 Å². The van der Waals surface area contributed by atoms with Crippen molar-refractivity contribution >= 4 is 23.3 Å². The highest BCUT2D eigenvalue weighted by Gasteiger charge is 2.24. The van der Waals surface area contributed by atoms with Gasteiger partial charge < -0.3 is 20.1 Å². The molecule has 1 aliphatic rings. The number of nitrogens with zero attached hydrogens (tertiary/aromatic N) is 1. The third-order valence-electron chi connectivity index (χ3n) is 3.62. The molecule has 1 heterocycles. The molecule has 0 bridgehead atoms. The number of anilines is 1. The van der Waals surface area contributed by atoms with Gasteiger partial charge in [0.05, 0.1) is 11.1 Å². The number of hydrogen-bond acceptors (Lipinski definition) is 3. The van der Waals surface area contributed by atoms with Crippen molar-refractivity contribution in [2.24, 2.45) is 0 Å². The number of likely N-dealkylation sites (tertiary alicyclic amines) is 1. The molecule has 120 valence electrons. The number of amides is 2. The molecule has 2 aromatic carbocycles. The topological polar surface area (TPSA) is 61.8 Å². The zero-order chi connectivity index (χ0) is 16.2. The van der Waals surface area contributed by atoms with Gasteiger partial charge in [-0.25, -0.2) is 4.79 Å². The SMILES string of the molecule is O=C(Nc1ccc(Oc2ccccc2Cl)cc1)N1CC[C@@H](O)C1. The number of urea groups is 1. The van der Waals surface area contributed by atoms with Crippen molar-refractivity contribution < 1.29 is 14.6 Å². The Kier molecular flexibility index (Phi) is 4.69. The molecule has 2 aromatic rings. The fourth-order valence-corrected chi connectivity index (χ4v) is 2.56. The number of nitrogens with one attached hydrogen (secondary N) is 1. The summed E-state index contributed by atoms with van der Waals surface area (Å²) in [7, 11) is 0. The lowest BCUT2D eigenvalue weighted by Crippen LogP contribution is -2.33. The summed E-state index contributed by atoms with van der Waals surface area (Å²) in [6.45, 7) is 0.945. The maximum Gasteiger partial charge on any atom is 0.321 e. The van der Waals surface area contributed by atoms with E-state index in [1.54, 1.807) is 41.3 Å². The lowest BCUT2D eigenvalue weighted by molar-refractivity contribution is 0.176. The number of carbonyl (C=O) groups excluding carboxylic acids is 1. The second-order valence-corrected chi connectivity index (χ2v) is 5.78. The van der Waals surface area contributed by atoms with Gasteiger partial charge in [-0.3, -0.25) is 0 Å². The molecule has 1 atom stereocenters. The first kappa shape index (κ1) is 15.6. The van der Waals surface area contributed by atoms with Gasteiger partial charge in [-0.05, 0) is 42.8 Å². The summed E-state index contributed by atoms with van der Waals surface area (Å²) < 4.78 is 5.69. The summed E-state index contributed by atoms with van der Waals surface area (Å²) in [5, 5.41) is 12.8. The highest BCUT2D eigenvalue weighted by Crippen LogP contribution is 2.29. The van der Waals surface area contributed by atoms with Crippen molar-refractivity contribution in [2.75, 3.05) is 18.4 Å². The molecule has 1 saturated heterocycles. The Bertz CT molecular complexity index is 690. The van der Waals surface area contributed by atoms with Crippen LogP contribution in [0.4, 0.5) is 10.5 Å². The van der Waals surface area contributed by atoms with E-state index in [9.17, 15) is 9.90 Å². The average molecular weight is 333 g/mol. The minimum Gasteiger partial charge on any atom is -0.456 e. The molecule has 0 spiro atoms. The quantitative estimate of drug-likeness (QED) is 0.900. The van der Waals surface area contributed by atoms with E-state index in [0.717, 1.165) is 0 Å². The van der Waals surface area contributed by atoms with Crippen LogP contribution in [0.15, 0.2) is 48.5 Å². The normalized spacial score (nSPS) is 17.1. The van der Waals surface area contributed by atoms with Crippen LogP contribution < -0.4 is 10.1 Å². The van der Waals surface area contributed by atoms with Crippen LogP contribution in [0.1, 0.15) is 6.42 Å². The van der Waals surface area contributed by atoms with Gasteiger partial charge in [0, 0.05) is 18.8 Å². The number of benzene rings is 2. The van der Waals surface area contributed by atoms with Crippen molar-refractivity contribution in [3.8, 4) is 11.5 Å². The molecule has 3 rings (SSSR count). The Morgan fingerprint density at radius 3 is 2.61 bits per heavy atom. The number of aliphatic hydroxyl groups excluding tert-OH is 1. The molecule has 5 nitrogen and oxygen atoms in total. The standard InChI is InChI=1S/C17H17ClN2O3/c18-15-3-1-2-4-16(15)23-14-7-5-12(6-8-14)19-17(22)20-10-9-13(21)11-20/h1-8,13,21H,9-11H2,(H,19,22)/t13-/m1/s1. The number of β-amino-alcohol motifs (C(OH)–C–C–N with tert-alkyl or cyclic N) is 1. The number of halogens is 1. The van der Waals surface area contributed by atoms with Gasteiger partial charge in [0.15, 0.2) is 0 Å². The number of rotatable bonds is 3. The largest absolute Gasteiger partial charge is 0.456 e. The maximum atomic E-state index is 12.0. The minimum atomic E-state index is -0.424. The highest BCUT2D eigenvalue weighted by molar-refractivity contribution is 6.32. The third-order valence-corrected chi connectivity index (χ3v) is 3.93. The predicted octanol–water partition coefficient (Wildman–Crippen LogP) is 3.73. The molecule has 0 aliphatic carbocycles. The number of hydrogen-bond donors (Lipinski definition) is 2. The Morgan fingerprint density at radius 2 is 1.96 bits per heavy atom. The van der Waals surface area contributed by atoms with E-state index in [0.29, 0.717) is 41.7 Å². The highest BCUT2D eigenvalue weighted by atomic mass is 35.5. The number of carbonyl (C=O) groups is 1. The van der Waals surface area contributed by atoms with Crippen molar-refractivity contribution in [3.63, 3.8) is 0 Å². The number of aliphatic hydroxyl groups is 1. The van der Waals surface area contributed by atoms with Gasteiger partial charge in [-0.1, -0.05) is 23.7 Å². The van der Waals surface area contributed by atoms with E-state index in [-0.39, 0.29) is 6.03 Å². The molecule has 0 aromatic heterocycles. The first-order chi connectivity index (χ1) is 11.1. The summed E-state index contributed by atoms with van der Waals surface area (Å²) >= 11 is 6.05. The Morgan fingerprint density at radius 1 is 1.22 bits per heavy atom. The van der Waals surface area contributed by atoms with Gasteiger partial charge in [-0.15, -0.1) is 0 Å². The Labute approximate surface area is 139 Å². The zero-order valence-corrected chi connectivity index (χ0v) is 13.2. The summed E-state index contributed by atoms with van der Waals surface area (Å²) in [6, 6.07) is 14.1. The molecule has 2 N–H and O–H groups in total. The maximum absolute atomic E-state index is 12.0. The van der Waals surface area contributed by atoms with Crippen LogP contribution in [-0.2, 0) is 0 Å². The second kappa shape index (κ2) is 6.89. The molecular weight excluding hydrogens is 316 g/mol. The summed E-state index contributed by atoms with van der Waals surface area (Å²) in [5.74, 6) is 1.21. The van der Waals surface area contributed by atoms with Crippen molar-refractivity contribution in [1.29, 1.82) is 0 Å². The third kappa shape index (κ3) is 3.94. The first-order valence-corrected chi connectivity index (χ1v) is 7.76. The van der Waals surface area contributed by atoms with Crippen LogP contribution in [0.2, 0.25) is 5.02 Å². The van der Waals surface area contributed by atoms with Crippen molar-refractivity contribution in [2.45, 2.75) is 12.5 Å². The summed E-state index contributed by atoms with van der Waals surface area (Å²) in [6.07, 6.45) is 0.199. The van der Waals surface area contributed by atoms with E-state index in [2.05, 4.69) is 5.32 Å². The minimum absolute atomic E-state index is 0.207. The first-order valence-electron chi connectivity index (χ1n) is 7.38. The predicted molar refractivity (Wildman–Crippen MR) is 89.2 cm³/mol. The van der Waals surface area contributed by atoms with Crippen molar-refractivity contribution in [3.05, 3.63) is 53.6 Å². The Hall–Kier alpha value is -2.24. The van der Waals surface area contributed by atoms with Gasteiger partial charge >= 0.3 is 6.03 Å². The van der Waals surface area contributed by atoms with Crippen LogP contribution in [0.5, 0.6) is 11.5 Å². The van der Waals surface area contributed by atoms with Gasteiger partial charge in [0.2, 0.25) is 0 Å². The average Bonchev–Trinajstić information content (AvgIpc) is 2.98. The van der Waals surface area contributed by atoms with Crippen LogP contribution in [0, 0.1) is 0 Å². The summed E-state index contributed by atoms with van der Waals surface area (Å²) in [4.78, 5) is 13.6. The van der Waals surface area contributed by atoms with E-state index in [4.69, 9.17) is 16.3 Å². The van der Waals surface area contributed by atoms with Gasteiger partial charge in [-0.2, -0.15) is 0 Å². The van der Waals surface area contributed by atoms with Gasteiger partial charge in [0.1, 0.15) is 11.5 Å². The summed E-state index contributed by atoms with van der Waals surface area (Å²) in [5.41, 5.74) is 0.669. The Balaban J connectivity index is 1.61. The monoisotopic (exact) mass is 332 g/mol. The van der Waals surface area contributed by atoms with E-state index in [1.807, 2.05) is 12.1 Å². The molecule has 1 fully saturated rings. The van der Waals surface area contributed by atoms with E-state index < -0.39 is 6.10 Å². The lowest BCUT2D eigenvalue weighted by Gasteiger charge is -2.16. The lowest BCUT2D eigenvalue weighted by atomic mass is 10.3. The van der Waals surface area contributed by atoms with Gasteiger partial charge in [0.25, 0.3) is 0 Å². The fourth-order valence-electron chi connectivity index (χ4n) is 2.39. The van der Waals surface area contributed by atoms with Crippen molar-refractivity contribution in [1.82, 2.24) is 4.90 Å². The molecule has 2 amide bonds. The smallest absolute Gasteiger partial charge is 0.321 e. The molecular formula is C17H17ClN2O3. The van der Waals surface area contributed by atoms with Crippen LogP contribution in [0.25, 0.3) is 0 Å². The molecule has 0 saturated carbocycles. The second-order valence-electron chi connectivity index (χ2n) is 5.38. The molecule has 0 radical (unpaired) electrons. The van der Waals surface area contributed by atoms with E-state index in [1.165, 1.54) is 0 Å². The van der Waals surface area contributed by atoms with Crippen LogP contribution in [-0.4, -0.2) is 35.2 Å². The number of para-hydroxylation sites is 1. The van der Waals surface area contributed by atoms with Crippen LogP contribution in [0.3, 0.4) is 0 Å². The number of ether oxygens (including phenoxy) is 1. The van der Waals surface area contributed by atoms with E-state index >= 15 is 0 Å². The molecule has 1 aliphatic heterocycles. The fraction of sp³-hybridized carbons (Fsp3) is 0.235. The molecule has 0 unspecified atom stereocenters. The zero-order valence-electron chi connectivity index (χ0n) is 12.4.